The summed E-state index contributed by atoms with van der Waals surface area (Å²) < 4.78 is 14.3. The Balaban J connectivity index is 1.11. The first kappa shape index (κ1) is 31.0. The fraction of sp³-hybridized carbons (Fsp3) is 0.0189. The van der Waals surface area contributed by atoms with Crippen LogP contribution in [-0.4, -0.2) is 0 Å². The molecule has 3 aliphatic rings. The molecule has 1 aliphatic heterocycles. The molecular formula is C53H33NO2. The molecule has 0 amide bonds. The van der Waals surface area contributed by atoms with Crippen molar-refractivity contribution in [3.05, 3.63) is 222 Å². The van der Waals surface area contributed by atoms with Crippen LogP contribution in [0.25, 0.3) is 44.2 Å². The summed E-state index contributed by atoms with van der Waals surface area (Å²) in [4.78, 5) is 2.35. The van der Waals surface area contributed by atoms with Crippen LogP contribution >= 0.6 is 0 Å². The molecule has 9 aromatic carbocycles. The fourth-order valence-electron chi connectivity index (χ4n) is 9.72. The minimum Gasteiger partial charge on any atom is -0.449 e. The lowest BCUT2D eigenvalue weighted by Crippen LogP contribution is -2.25. The van der Waals surface area contributed by atoms with E-state index in [9.17, 15) is 0 Å². The highest BCUT2D eigenvalue weighted by Gasteiger charge is 2.53. The van der Waals surface area contributed by atoms with Crippen molar-refractivity contribution in [2.24, 2.45) is 0 Å². The molecule has 0 aromatic heterocycles. The lowest BCUT2D eigenvalue weighted by Gasteiger charge is -2.33. The lowest BCUT2D eigenvalue weighted by atomic mass is 9.70. The van der Waals surface area contributed by atoms with Crippen molar-refractivity contribution >= 4 is 27.8 Å². The van der Waals surface area contributed by atoms with E-state index in [1.807, 2.05) is 6.07 Å². The molecule has 9 aromatic rings. The van der Waals surface area contributed by atoms with Crippen molar-refractivity contribution in [2.75, 3.05) is 4.90 Å². The largest absolute Gasteiger partial charge is 0.449 e. The average Bonchev–Trinajstić information content (AvgIpc) is 3.74. The van der Waals surface area contributed by atoms with E-state index in [0.29, 0.717) is 17.2 Å². The van der Waals surface area contributed by atoms with E-state index >= 15 is 0 Å². The van der Waals surface area contributed by atoms with Crippen LogP contribution in [0.15, 0.2) is 200 Å². The first-order valence-corrected chi connectivity index (χ1v) is 19.2. The quantitative estimate of drug-likeness (QED) is 0.181. The second-order valence-corrected chi connectivity index (χ2v) is 14.7. The van der Waals surface area contributed by atoms with Crippen LogP contribution in [-0.2, 0) is 5.41 Å². The Morgan fingerprint density at radius 2 is 0.893 bits per heavy atom. The van der Waals surface area contributed by atoms with Gasteiger partial charge in [0.2, 0.25) is 0 Å². The standard InChI is InChI=1S/C53H33NO2/c1-2-16-34(17-3-1)36-21-9-13-28-45(36)54(46-29-14-19-35-18-4-5-20-37(35)46)47-30-15-31-48-51(47)56-52-49(55-48)33-32-44-50(52)40-24-8-12-27-43(40)53(44)41-25-10-6-22-38(41)39-23-7-11-26-42(39)53/h1-33H. The Bertz CT molecular complexity index is 3000. The van der Waals surface area contributed by atoms with Crippen LogP contribution in [0.4, 0.5) is 17.1 Å². The van der Waals surface area contributed by atoms with Gasteiger partial charge in [0.25, 0.3) is 0 Å². The minimum absolute atomic E-state index is 0.485. The number of rotatable bonds is 4. The van der Waals surface area contributed by atoms with E-state index in [2.05, 4.69) is 199 Å². The Morgan fingerprint density at radius 1 is 0.339 bits per heavy atom. The highest BCUT2D eigenvalue weighted by atomic mass is 16.6. The number of para-hydroxylation sites is 2. The molecule has 0 atom stereocenters. The van der Waals surface area contributed by atoms with Crippen LogP contribution in [0.1, 0.15) is 22.3 Å². The van der Waals surface area contributed by atoms with Crippen LogP contribution in [0.3, 0.4) is 0 Å². The van der Waals surface area contributed by atoms with Gasteiger partial charge in [-0.1, -0.05) is 170 Å². The van der Waals surface area contributed by atoms with Crippen molar-refractivity contribution in [1.29, 1.82) is 0 Å². The molecule has 1 spiro atoms. The highest BCUT2D eigenvalue weighted by Crippen LogP contribution is 2.67. The zero-order valence-electron chi connectivity index (χ0n) is 30.3. The Labute approximate surface area is 325 Å². The molecule has 56 heavy (non-hydrogen) atoms. The fourth-order valence-corrected chi connectivity index (χ4v) is 9.72. The Hall–Kier alpha value is -7.36. The van der Waals surface area contributed by atoms with Gasteiger partial charge in [-0.25, -0.2) is 0 Å². The second-order valence-electron chi connectivity index (χ2n) is 14.7. The maximum Gasteiger partial charge on any atom is 0.194 e. The van der Waals surface area contributed by atoms with Gasteiger partial charge in [0.1, 0.15) is 0 Å². The SMILES string of the molecule is c1ccc(-c2ccccc2N(c2cccc3c2Oc2c(ccc4c2-c2ccccc2C42c4ccccc4-c4ccccc42)O3)c2cccc3ccccc23)cc1. The van der Waals surface area contributed by atoms with Gasteiger partial charge in [0.15, 0.2) is 23.0 Å². The maximum absolute atomic E-state index is 7.40. The molecule has 0 saturated heterocycles. The number of hydrogen-bond acceptors (Lipinski definition) is 3. The Morgan fingerprint density at radius 3 is 1.68 bits per heavy atom. The summed E-state index contributed by atoms with van der Waals surface area (Å²) in [6.45, 7) is 0. The molecule has 0 saturated carbocycles. The number of ether oxygens (including phenoxy) is 2. The van der Waals surface area contributed by atoms with Gasteiger partial charge >= 0.3 is 0 Å². The summed E-state index contributed by atoms with van der Waals surface area (Å²) in [5.41, 5.74) is 14.6. The third-order valence-electron chi connectivity index (χ3n) is 11.9. The number of nitrogens with zero attached hydrogens (tertiary/aromatic N) is 1. The summed E-state index contributed by atoms with van der Waals surface area (Å²) in [6.07, 6.45) is 0. The van der Waals surface area contributed by atoms with Gasteiger partial charge in [-0.05, 0) is 80.2 Å². The van der Waals surface area contributed by atoms with Crippen LogP contribution in [0, 0.1) is 0 Å². The minimum atomic E-state index is -0.485. The van der Waals surface area contributed by atoms with Crippen LogP contribution < -0.4 is 14.4 Å². The third kappa shape index (κ3) is 4.17. The van der Waals surface area contributed by atoms with E-state index in [4.69, 9.17) is 9.47 Å². The molecular weight excluding hydrogens is 683 g/mol. The molecule has 0 bridgehead atoms. The van der Waals surface area contributed by atoms with Crippen LogP contribution in [0.2, 0.25) is 0 Å². The van der Waals surface area contributed by atoms with Crippen molar-refractivity contribution in [3.63, 3.8) is 0 Å². The van der Waals surface area contributed by atoms with Crippen LogP contribution in [0.5, 0.6) is 23.0 Å². The predicted molar refractivity (Wildman–Crippen MR) is 227 cm³/mol. The second kappa shape index (κ2) is 11.8. The van der Waals surface area contributed by atoms with E-state index in [0.717, 1.165) is 55.8 Å². The first-order valence-electron chi connectivity index (χ1n) is 19.2. The first-order chi connectivity index (χ1) is 27.8. The van der Waals surface area contributed by atoms with Gasteiger partial charge in [-0.2, -0.15) is 0 Å². The molecule has 0 fully saturated rings. The van der Waals surface area contributed by atoms with Gasteiger partial charge < -0.3 is 14.4 Å². The number of anilines is 3. The molecule has 1 heterocycles. The summed E-state index contributed by atoms with van der Waals surface area (Å²) >= 11 is 0. The summed E-state index contributed by atoms with van der Waals surface area (Å²) in [7, 11) is 0. The number of hydrogen-bond donors (Lipinski definition) is 0. The van der Waals surface area contributed by atoms with E-state index < -0.39 is 5.41 Å². The molecule has 0 N–H and O–H groups in total. The Kier molecular flexibility index (Phi) is 6.55. The monoisotopic (exact) mass is 715 g/mol. The third-order valence-corrected chi connectivity index (χ3v) is 11.9. The summed E-state index contributed by atoms with van der Waals surface area (Å²) in [5, 5.41) is 2.30. The molecule has 0 radical (unpaired) electrons. The van der Waals surface area contributed by atoms with E-state index in [1.54, 1.807) is 0 Å². The smallest absolute Gasteiger partial charge is 0.194 e. The van der Waals surface area contributed by atoms with E-state index in [-0.39, 0.29) is 0 Å². The normalized spacial score (nSPS) is 13.4. The number of fused-ring (bicyclic) bond motifs is 14. The van der Waals surface area contributed by atoms with Crippen molar-refractivity contribution in [2.45, 2.75) is 5.41 Å². The molecule has 2 aliphatic carbocycles. The maximum atomic E-state index is 7.40. The van der Waals surface area contributed by atoms with Gasteiger partial charge in [0.05, 0.1) is 22.5 Å². The molecule has 3 nitrogen and oxygen atoms in total. The highest BCUT2D eigenvalue weighted by molar-refractivity contribution is 6.03. The topological polar surface area (TPSA) is 21.7 Å². The number of benzene rings is 9. The van der Waals surface area contributed by atoms with Gasteiger partial charge in [-0.3, -0.25) is 0 Å². The van der Waals surface area contributed by atoms with Gasteiger partial charge in [-0.15, -0.1) is 0 Å². The van der Waals surface area contributed by atoms with Crippen molar-refractivity contribution in [3.8, 4) is 56.4 Å². The van der Waals surface area contributed by atoms with E-state index in [1.165, 1.54) is 33.4 Å². The molecule has 3 heteroatoms. The van der Waals surface area contributed by atoms with Gasteiger partial charge in [0, 0.05) is 16.5 Å². The van der Waals surface area contributed by atoms with Crippen molar-refractivity contribution in [1.82, 2.24) is 0 Å². The molecule has 0 unspecified atom stereocenters. The molecule has 12 rings (SSSR count). The predicted octanol–water partition coefficient (Wildman–Crippen LogP) is 14.2. The average molecular weight is 716 g/mol. The zero-order chi connectivity index (χ0) is 36.8. The summed E-state index contributed by atoms with van der Waals surface area (Å²) in [5.74, 6) is 2.80. The summed E-state index contributed by atoms with van der Waals surface area (Å²) in [6, 6.07) is 71.5. The molecule has 262 valence electrons. The van der Waals surface area contributed by atoms with Crippen molar-refractivity contribution < 1.29 is 9.47 Å². The lowest BCUT2D eigenvalue weighted by molar-refractivity contribution is 0.361. The zero-order valence-corrected chi connectivity index (χ0v) is 30.3.